The second kappa shape index (κ2) is 26.3. The van der Waals surface area contributed by atoms with Crippen LogP contribution in [0.3, 0.4) is 0 Å². The molecule has 1 aromatic carbocycles. The van der Waals surface area contributed by atoms with Crippen molar-refractivity contribution in [1.82, 2.24) is 35.6 Å². The standard InChI is InChI=1S/C57H93N7O12/c1-22-57(49(70)71,31-30-42(65)59-39(48(69)74-53(8,9)10)28-25-26-32-58-50(72)75-54(11,12)13)61-45(66)36(4)33-41(35(2)3)63(20)47(68)43(52(5,6)7)60-46(67)44(64(21)51(73)76-55(14,15)16)56(17,18)38-34-62(19)40-29-24-23-27-37(38)40/h23-24,27,29,33-35,39,41,43-44H,22,25-26,28,30-32H2,1-21H3,(H,58,72)(H,59,65)(H,60,67)(H,61,66)(H,70,71)/b36-33+/t39?,41?,43?,44?,57-/m1/s1. The Balaban J connectivity index is 2.43. The van der Waals surface area contributed by atoms with Gasteiger partial charge in [0.25, 0.3) is 0 Å². The molecule has 428 valence electrons. The van der Waals surface area contributed by atoms with Gasteiger partial charge in [-0.05, 0) is 124 Å². The zero-order chi connectivity index (χ0) is 58.7. The van der Waals surface area contributed by atoms with Gasteiger partial charge in [0.15, 0.2) is 0 Å². The third kappa shape index (κ3) is 19.2. The molecule has 1 aromatic heterocycles. The van der Waals surface area contributed by atoms with Crippen molar-refractivity contribution in [3.8, 4) is 0 Å². The summed E-state index contributed by atoms with van der Waals surface area (Å²) in [4.78, 5) is 112. The number of carbonyl (C=O) groups is 8. The van der Waals surface area contributed by atoms with E-state index >= 15 is 4.79 Å². The number of hydrogen-bond donors (Lipinski definition) is 5. The summed E-state index contributed by atoms with van der Waals surface area (Å²) in [5.74, 6) is -4.79. The van der Waals surface area contributed by atoms with Gasteiger partial charge in [-0.15, -0.1) is 0 Å². The quantitative estimate of drug-likeness (QED) is 0.0305. The van der Waals surface area contributed by atoms with Crippen molar-refractivity contribution in [1.29, 1.82) is 0 Å². The third-order valence-electron chi connectivity index (χ3n) is 13.0. The number of nitrogens with zero attached hydrogens (tertiary/aromatic N) is 3. The molecule has 4 unspecified atom stereocenters. The number of aliphatic carboxylic acids is 1. The second-order valence-corrected chi connectivity index (χ2v) is 25.0. The van der Waals surface area contributed by atoms with Crippen LogP contribution >= 0.6 is 0 Å². The molecule has 0 radical (unpaired) electrons. The Hall–Kier alpha value is -6.14. The van der Waals surface area contributed by atoms with Crippen molar-refractivity contribution < 1.29 is 57.7 Å². The number of hydrogen-bond acceptors (Lipinski definition) is 11. The van der Waals surface area contributed by atoms with Gasteiger partial charge in [0.1, 0.15) is 40.5 Å². The number of para-hydroxylation sites is 1. The van der Waals surface area contributed by atoms with Crippen LogP contribution in [0.4, 0.5) is 9.59 Å². The van der Waals surface area contributed by atoms with Crippen LogP contribution in [0.25, 0.3) is 10.9 Å². The van der Waals surface area contributed by atoms with Crippen LogP contribution in [0, 0.1) is 11.3 Å². The number of aromatic nitrogens is 1. The highest BCUT2D eigenvalue weighted by Gasteiger charge is 2.47. The molecule has 0 saturated heterocycles. The van der Waals surface area contributed by atoms with E-state index in [1.807, 2.05) is 90.5 Å². The summed E-state index contributed by atoms with van der Waals surface area (Å²) in [5, 5.41) is 22.5. The molecule has 0 fully saturated rings. The van der Waals surface area contributed by atoms with Crippen molar-refractivity contribution in [3.63, 3.8) is 0 Å². The third-order valence-corrected chi connectivity index (χ3v) is 13.0. The van der Waals surface area contributed by atoms with Crippen LogP contribution in [0.2, 0.25) is 0 Å². The summed E-state index contributed by atoms with van der Waals surface area (Å²) in [7, 11) is 4.99. The first-order valence-corrected chi connectivity index (χ1v) is 26.4. The van der Waals surface area contributed by atoms with E-state index in [1.54, 1.807) is 82.4 Å². The van der Waals surface area contributed by atoms with E-state index in [9.17, 15) is 38.7 Å². The number of amides is 6. The van der Waals surface area contributed by atoms with Crippen LogP contribution in [0.5, 0.6) is 0 Å². The minimum atomic E-state index is -1.91. The predicted molar refractivity (Wildman–Crippen MR) is 294 cm³/mol. The summed E-state index contributed by atoms with van der Waals surface area (Å²) in [6.45, 7) is 31.8. The monoisotopic (exact) mass is 1070 g/mol. The largest absolute Gasteiger partial charge is 0.480 e. The van der Waals surface area contributed by atoms with Gasteiger partial charge in [-0.1, -0.05) is 79.7 Å². The van der Waals surface area contributed by atoms with Crippen LogP contribution in [0.1, 0.15) is 169 Å². The van der Waals surface area contributed by atoms with E-state index in [-0.39, 0.29) is 43.7 Å². The highest BCUT2D eigenvalue weighted by atomic mass is 16.6. The molecule has 6 amide bonds. The van der Waals surface area contributed by atoms with Gasteiger partial charge >= 0.3 is 24.1 Å². The summed E-state index contributed by atoms with van der Waals surface area (Å²) >= 11 is 0. The van der Waals surface area contributed by atoms with Crippen molar-refractivity contribution in [2.75, 3.05) is 20.6 Å². The first-order valence-electron chi connectivity index (χ1n) is 26.4. The molecule has 76 heavy (non-hydrogen) atoms. The molecular formula is C57H93N7O12. The van der Waals surface area contributed by atoms with E-state index in [2.05, 4.69) is 21.3 Å². The molecule has 0 bridgehead atoms. The van der Waals surface area contributed by atoms with Crippen LogP contribution in [0.15, 0.2) is 42.1 Å². The number of carbonyl (C=O) groups excluding carboxylic acids is 7. The van der Waals surface area contributed by atoms with E-state index < -0.39 is 105 Å². The fourth-order valence-corrected chi connectivity index (χ4v) is 8.88. The summed E-state index contributed by atoms with van der Waals surface area (Å²) in [6, 6.07) is 3.62. The number of carboxylic acid groups (broad SMARTS) is 1. The summed E-state index contributed by atoms with van der Waals surface area (Å²) in [6.07, 6.45) is 2.45. The molecule has 5 N–H and O–H groups in total. The van der Waals surface area contributed by atoms with Gasteiger partial charge in [-0.3, -0.25) is 24.1 Å². The lowest BCUT2D eigenvalue weighted by atomic mass is 9.76. The number of fused-ring (bicyclic) bond motifs is 1. The number of esters is 1. The Morgan fingerprint density at radius 3 is 1.86 bits per heavy atom. The number of rotatable bonds is 23. The zero-order valence-corrected chi connectivity index (χ0v) is 49.6. The topological polar surface area (TPSA) is 244 Å². The van der Waals surface area contributed by atoms with Gasteiger partial charge in [-0.25, -0.2) is 19.2 Å². The molecule has 19 nitrogen and oxygen atoms in total. The Morgan fingerprint density at radius 2 is 1.34 bits per heavy atom. The highest BCUT2D eigenvalue weighted by Crippen LogP contribution is 2.37. The lowest BCUT2D eigenvalue weighted by Crippen LogP contribution is -2.63. The molecular weight excluding hydrogens is 975 g/mol. The van der Waals surface area contributed by atoms with Crippen LogP contribution in [-0.4, -0.2) is 134 Å². The van der Waals surface area contributed by atoms with Crippen LogP contribution < -0.4 is 21.3 Å². The zero-order valence-electron chi connectivity index (χ0n) is 49.6. The van der Waals surface area contributed by atoms with Gasteiger partial charge in [0, 0.05) is 62.2 Å². The molecule has 5 atom stereocenters. The molecule has 2 aromatic rings. The maximum absolute atomic E-state index is 15.0. The summed E-state index contributed by atoms with van der Waals surface area (Å²) in [5.41, 5.74) is -4.40. The number of benzene rings is 1. The van der Waals surface area contributed by atoms with Crippen molar-refractivity contribution in [2.45, 2.75) is 215 Å². The Kier molecular flexibility index (Phi) is 22.8. The Labute approximate surface area is 452 Å². The molecule has 0 saturated carbocycles. The first kappa shape index (κ1) is 66.0. The maximum atomic E-state index is 15.0. The number of carboxylic acids is 1. The number of aryl methyl sites for hydroxylation is 1. The fourth-order valence-electron chi connectivity index (χ4n) is 8.88. The lowest BCUT2D eigenvalue weighted by molar-refractivity contribution is -0.159. The minimum Gasteiger partial charge on any atom is -0.480 e. The van der Waals surface area contributed by atoms with Crippen molar-refractivity contribution in [2.24, 2.45) is 18.4 Å². The van der Waals surface area contributed by atoms with E-state index in [0.717, 1.165) is 16.5 Å². The Bertz CT molecular complexity index is 2410. The first-order chi connectivity index (χ1) is 34.6. The number of alkyl carbamates (subject to hydrolysis) is 1. The molecule has 19 heteroatoms. The number of unbranched alkanes of at least 4 members (excludes halogenated alkanes) is 1. The average molecular weight is 1070 g/mol. The lowest BCUT2D eigenvalue weighted by Gasteiger charge is -2.42. The van der Waals surface area contributed by atoms with Crippen molar-refractivity contribution >= 4 is 58.7 Å². The summed E-state index contributed by atoms with van der Waals surface area (Å²) < 4.78 is 18.6. The number of likely N-dealkylation sites (N-methyl/N-ethyl adjacent to an activating group) is 2. The van der Waals surface area contributed by atoms with E-state index in [0.29, 0.717) is 12.8 Å². The SMILES string of the molecule is CC[C@](CCC(=O)NC(CCCCNC(=O)OC(C)(C)C)C(=O)OC(C)(C)C)(NC(=O)/C(C)=C/C(C(C)C)N(C)C(=O)C(NC(=O)C(N(C)C(=O)OC(C)(C)C)C(C)(C)c1cn(C)c2ccccc12)C(C)(C)C)C(=O)O. The van der Waals surface area contributed by atoms with Gasteiger partial charge in [0.05, 0.1) is 6.04 Å². The van der Waals surface area contributed by atoms with Crippen molar-refractivity contribution in [3.05, 3.63) is 47.7 Å². The maximum Gasteiger partial charge on any atom is 0.410 e. The smallest absolute Gasteiger partial charge is 0.410 e. The second-order valence-electron chi connectivity index (χ2n) is 25.0. The number of nitrogens with one attached hydrogen (secondary N) is 4. The Morgan fingerprint density at radius 1 is 0.776 bits per heavy atom. The highest BCUT2D eigenvalue weighted by molar-refractivity contribution is 5.98. The predicted octanol–water partition coefficient (Wildman–Crippen LogP) is 8.30. The van der Waals surface area contributed by atoms with Gasteiger partial charge in [-0.2, -0.15) is 0 Å². The molecule has 1 heterocycles. The number of ether oxygens (including phenoxy) is 3. The molecule has 0 spiro atoms. The molecule has 0 aliphatic heterocycles. The normalized spacial score (nSPS) is 15.1. The molecule has 0 aliphatic carbocycles. The van der Waals surface area contributed by atoms with E-state index in [1.165, 1.54) is 23.8 Å². The fraction of sp³-hybridized carbons (Fsp3) is 0.684. The minimum absolute atomic E-state index is 0.0975. The molecule has 2 rings (SSSR count). The molecule has 0 aliphatic rings. The average Bonchev–Trinajstić information content (AvgIpc) is 3.61. The van der Waals surface area contributed by atoms with E-state index in [4.69, 9.17) is 14.2 Å². The van der Waals surface area contributed by atoms with Crippen LogP contribution in [-0.2, 0) is 55.4 Å². The van der Waals surface area contributed by atoms with Gasteiger partial charge < -0.3 is 50.1 Å². The van der Waals surface area contributed by atoms with Gasteiger partial charge in [0.2, 0.25) is 23.6 Å².